The lowest BCUT2D eigenvalue weighted by molar-refractivity contribution is -0.114. The van der Waals surface area contributed by atoms with Gasteiger partial charge in [0, 0.05) is 6.42 Å². The van der Waals surface area contributed by atoms with Crippen LogP contribution in [0, 0.1) is 17.3 Å². The van der Waals surface area contributed by atoms with Crippen molar-refractivity contribution in [3.8, 4) is 0 Å². The highest BCUT2D eigenvalue weighted by Gasteiger charge is 2.54. The van der Waals surface area contributed by atoms with Crippen molar-refractivity contribution in [3.05, 3.63) is 35.5 Å². The zero-order chi connectivity index (χ0) is 14.8. The SMILES string of the molecule is C/C1=C/CC(=O)/C(C)=C\CC/C=C\C2C(CC1)C2(C)C. The Morgan fingerprint density at radius 2 is 1.90 bits per heavy atom. The number of carbonyl (C=O) groups excluding carboxylic acids is 1. The molecule has 0 saturated heterocycles. The third-order valence-corrected chi connectivity index (χ3v) is 5.19. The maximum Gasteiger partial charge on any atom is 0.162 e. The van der Waals surface area contributed by atoms with Crippen LogP contribution in [0.25, 0.3) is 0 Å². The molecular formula is C19H28O. The number of ketones is 1. The second kappa shape index (κ2) is 6.11. The van der Waals surface area contributed by atoms with E-state index >= 15 is 0 Å². The van der Waals surface area contributed by atoms with E-state index in [0.717, 1.165) is 36.7 Å². The lowest BCUT2D eigenvalue weighted by Crippen LogP contribution is -1.98. The summed E-state index contributed by atoms with van der Waals surface area (Å²) < 4.78 is 0. The van der Waals surface area contributed by atoms with Crippen LogP contribution in [0.5, 0.6) is 0 Å². The van der Waals surface area contributed by atoms with Gasteiger partial charge in [0.25, 0.3) is 0 Å². The molecule has 0 aromatic heterocycles. The third-order valence-electron chi connectivity index (χ3n) is 5.19. The van der Waals surface area contributed by atoms with Crippen molar-refractivity contribution >= 4 is 5.78 Å². The Labute approximate surface area is 123 Å². The second-order valence-electron chi connectivity index (χ2n) is 7.06. The van der Waals surface area contributed by atoms with Gasteiger partial charge in [-0.3, -0.25) is 4.79 Å². The Morgan fingerprint density at radius 1 is 1.15 bits per heavy atom. The van der Waals surface area contributed by atoms with Gasteiger partial charge in [0.1, 0.15) is 0 Å². The summed E-state index contributed by atoms with van der Waals surface area (Å²) in [5, 5.41) is 0. The first-order valence-electron chi connectivity index (χ1n) is 7.95. The molecule has 0 spiro atoms. The van der Waals surface area contributed by atoms with Gasteiger partial charge in [-0.15, -0.1) is 0 Å². The van der Waals surface area contributed by atoms with Gasteiger partial charge in [-0.05, 0) is 62.4 Å². The number of rotatable bonds is 0. The minimum Gasteiger partial charge on any atom is -0.294 e. The van der Waals surface area contributed by atoms with Crippen molar-refractivity contribution in [3.63, 3.8) is 0 Å². The Hall–Kier alpha value is -1.11. The zero-order valence-corrected chi connectivity index (χ0v) is 13.4. The second-order valence-corrected chi connectivity index (χ2v) is 7.06. The van der Waals surface area contributed by atoms with E-state index in [9.17, 15) is 4.79 Å². The number of allylic oxidation sites excluding steroid dienone is 6. The summed E-state index contributed by atoms with van der Waals surface area (Å²) in [5.41, 5.74) is 2.76. The van der Waals surface area contributed by atoms with E-state index in [1.807, 2.05) is 6.92 Å². The van der Waals surface area contributed by atoms with Gasteiger partial charge in [-0.1, -0.05) is 43.7 Å². The standard InChI is InChI=1S/C19H28O/c1-14-10-12-17-16(19(17,3)4)9-7-5-6-8-15(2)18(20)13-11-14/h7-9,11,16-17H,5-6,10,12-13H2,1-4H3/b9-7-,14-11-,15-8-. The molecule has 2 atom stereocenters. The monoisotopic (exact) mass is 272 g/mol. The fourth-order valence-electron chi connectivity index (χ4n) is 3.39. The summed E-state index contributed by atoms with van der Waals surface area (Å²) in [4.78, 5) is 12.0. The molecule has 2 rings (SSSR count). The molecule has 2 aliphatic carbocycles. The fourth-order valence-corrected chi connectivity index (χ4v) is 3.39. The molecule has 2 aliphatic rings. The van der Waals surface area contributed by atoms with Gasteiger partial charge in [0.2, 0.25) is 0 Å². The molecule has 1 saturated carbocycles. The summed E-state index contributed by atoms with van der Waals surface area (Å²) in [7, 11) is 0. The molecular weight excluding hydrogens is 244 g/mol. The Bertz CT molecular complexity index is 462. The van der Waals surface area contributed by atoms with Crippen LogP contribution in [0.3, 0.4) is 0 Å². The predicted octanol–water partition coefficient (Wildman–Crippen LogP) is 5.24. The topological polar surface area (TPSA) is 17.1 Å². The quantitative estimate of drug-likeness (QED) is 0.551. The molecule has 1 nitrogen and oxygen atoms in total. The number of Topliss-reactive ketones (excluding diaryl/α,β-unsaturated/α-hetero) is 1. The molecule has 20 heavy (non-hydrogen) atoms. The van der Waals surface area contributed by atoms with Crippen LogP contribution < -0.4 is 0 Å². The van der Waals surface area contributed by atoms with Crippen LogP contribution in [0.1, 0.15) is 59.8 Å². The van der Waals surface area contributed by atoms with Gasteiger partial charge in [0.05, 0.1) is 0 Å². The average Bonchev–Trinajstić information content (AvgIpc) is 2.92. The molecule has 0 aliphatic heterocycles. The Balaban J connectivity index is 2.09. The number of carbonyl (C=O) groups is 1. The lowest BCUT2D eigenvalue weighted by Gasteiger charge is -2.04. The van der Waals surface area contributed by atoms with Gasteiger partial charge < -0.3 is 0 Å². The molecule has 0 bridgehead atoms. The number of hydrogen-bond donors (Lipinski definition) is 0. The maximum absolute atomic E-state index is 12.0. The van der Waals surface area contributed by atoms with Crippen molar-refractivity contribution in [1.29, 1.82) is 0 Å². The van der Waals surface area contributed by atoms with Crippen molar-refractivity contribution in [2.45, 2.75) is 59.8 Å². The van der Waals surface area contributed by atoms with Crippen LogP contribution in [-0.4, -0.2) is 5.78 Å². The van der Waals surface area contributed by atoms with Crippen molar-refractivity contribution < 1.29 is 4.79 Å². The molecule has 0 amide bonds. The molecule has 0 radical (unpaired) electrons. The summed E-state index contributed by atoms with van der Waals surface area (Å²) in [6.45, 7) is 8.88. The van der Waals surface area contributed by atoms with E-state index in [4.69, 9.17) is 0 Å². The maximum atomic E-state index is 12.0. The van der Waals surface area contributed by atoms with Gasteiger partial charge in [-0.2, -0.15) is 0 Å². The predicted molar refractivity (Wildman–Crippen MR) is 85.5 cm³/mol. The minimum absolute atomic E-state index is 0.273. The molecule has 110 valence electrons. The van der Waals surface area contributed by atoms with E-state index in [-0.39, 0.29) is 5.78 Å². The molecule has 1 fully saturated rings. The highest BCUT2D eigenvalue weighted by Crippen LogP contribution is 2.61. The first-order chi connectivity index (χ1) is 9.43. The summed E-state index contributed by atoms with van der Waals surface area (Å²) >= 11 is 0. The van der Waals surface area contributed by atoms with Crippen LogP contribution in [0.4, 0.5) is 0 Å². The summed E-state index contributed by atoms with van der Waals surface area (Å²) in [6, 6.07) is 0. The summed E-state index contributed by atoms with van der Waals surface area (Å²) in [6.07, 6.45) is 14.0. The Morgan fingerprint density at radius 3 is 2.65 bits per heavy atom. The van der Waals surface area contributed by atoms with E-state index in [1.165, 1.54) is 12.0 Å². The lowest BCUT2D eigenvalue weighted by atomic mass is 10.0. The largest absolute Gasteiger partial charge is 0.294 e. The molecule has 0 heterocycles. The first-order valence-corrected chi connectivity index (χ1v) is 7.95. The molecule has 0 aromatic carbocycles. The zero-order valence-electron chi connectivity index (χ0n) is 13.4. The normalized spacial score (nSPS) is 37.7. The van der Waals surface area contributed by atoms with Gasteiger partial charge in [-0.25, -0.2) is 0 Å². The van der Waals surface area contributed by atoms with Gasteiger partial charge >= 0.3 is 0 Å². The van der Waals surface area contributed by atoms with Crippen LogP contribution >= 0.6 is 0 Å². The average molecular weight is 272 g/mol. The Kier molecular flexibility index (Phi) is 4.67. The van der Waals surface area contributed by atoms with Crippen molar-refractivity contribution in [1.82, 2.24) is 0 Å². The van der Waals surface area contributed by atoms with E-state index in [0.29, 0.717) is 11.8 Å². The fraction of sp³-hybridized carbons (Fsp3) is 0.632. The third kappa shape index (κ3) is 3.50. The number of hydrogen-bond acceptors (Lipinski definition) is 1. The molecule has 2 unspecified atom stereocenters. The highest BCUT2D eigenvalue weighted by atomic mass is 16.1. The molecule has 0 N–H and O–H groups in total. The van der Waals surface area contributed by atoms with Crippen molar-refractivity contribution in [2.24, 2.45) is 17.3 Å². The van der Waals surface area contributed by atoms with Crippen LogP contribution in [0.15, 0.2) is 35.5 Å². The van der Waals surface area contributed by atoms with E-state index < -0.39 is 0 Å². The number of fused-ring (bicyclic) bond motifs is 1. The van der Waals surface area contributed by atoms with E-state index in [2.05, 4.69) is 45.1 Å². The first kappa shape index (κ1) is 15.3. The highest BCUT2D eigenvalue weighted by molar-refractivity contribution is 5.95. The smallest absolute Gasteiger partial charge is 0.162 e. The van der Waals surface area contributed by atoms with Crippen molar-refractivity contribution in [2.75, 3.05) is 0 Å². The summed E-state index contributed by atoms with van der Waals surface area (Å²) in [5.74, 6) is 1.85. The van der Waals surface area contributed by atoms with E-state index in [1.54, 1.807) is 0 Å². The van der Waals surface area contributed by atoms with Crippen LogP contribution in [0.2, 0.25) is 0 Å². The van der Waals surface area contributed by atoms with Crippen LogP contribution in [-0.2, 0) is 4.79 Å². The van der Waals surface area contributed by atoms with Gasteiger partial charge in [0.15, 0.2) is 5.78 Å². The molecule has 0 aromatic rings. The minimum atomic E-state index is 0.273. The molecule has 1 heteroatoms.